The van der Waals surface area contributed by atoms with Crippen LogP contribution in [-0.2, 0) is 0 Å². The number of benzene rings is 1. The third-order valence-corrected chi connectivity index (χ3v) is 2.72. The maximum absolute atomic E-state index is 13.9. The lowest BCUT2D eigenvalue weighted by Gasteiger charge is -2.30. The van der Waals surface area contributed by atoms with Crippen LogP contribution in [-0.4, -0.2) is 17.7 Å². The Kier molecular flexibility index (Phi) is 4.30. The van der Waals surface area contributed by atoms with E-state index in [1.54, 1.807) is 19.1 Å². The van der Waals surface area contributed by atoms with Gasteiger partial charge in [0.2, 0.25) is 0 Å². The molecular weight excluding hydrogens is 205 g/mol. The van der Waals surface area contributed by atoms with E-state index in [-0.39, 0.29) is 11.9 Å². The van der Waals surface area contributed by atoms with Crippen molar-refractivity contribution in [2.24, 2.45) is 0 Å². The van der Waals surface area contributed by atoms with Gasteiger partial charge in [0.15, 0.2) is 0 Å². The van der Waals surface area contributed by atoms with Gasteiger partial charge in [0.25, 0.3) is 0 Å². The van der Waals surface area contributed by atoms with Crippen LogP contribution >= 0.6 is 0 Å². The van der Waals surface area contributed by atoms with Crippen molar-refractivity contribution in [3.8, 4) is 0 Å². The van der Waals surface area contributed by atoms with Gasteiger partial charge >= 0.3 is 0 Å². The van der Waals surface area contributed by atoms with Crippen LogP contribution in [0.15, 0.2) is 18.2 Å². The molecule has 0 aliphatic rings. The number of hydrogen-bond acceptors (Lipinski definition) is 2. The zero-order valence-corrected chi connectivity index (χ0v) is 10.4. The molecule has 16 heavy (non-hydrogen) atoms. The summed E-state index contributed by atoms with van der Waals surface area (Å²) in [4.78, 5) is 1.96. The SMILES string of the molecule is CCN(c1c(F)cccc1[C@H](C)O)C(C)C. The minimum atomic E-state index is -0.654. The summed E-state index contributed by atoms with van der Waals surface area (Å²) in [6, 6.07) is 5.05. The molecule has 0 bridgehead atoms. The Morgan fingerprint density at radius 3 is 2.38 bits per heavy atom. The van der Waals surface area contributed by atoms with Gasteiger partial charge in [-0.2, -0.15) is 0 Å². The van der Waals surface area contributed by atoms with Gasteiger partial charge in [0.05, 0.1) is 11.8 Å². The van der Waals surface area contributed by atoms with Gasteiger partial charge in [-0.05, 0) is 33.8 Å². The first-order valence-corrected chi connectivity index (χ1v) is 5.72. The van der Waals surface area contributed by atoms with Crippen molar-refractivity contribution in [3.05, 3.63) is 29.6 Å². The zero-order chi connectivity index (χ0) is 12.3. The van der Waals surface area contributed by atoms with Crippen molar-refractivity contribution in [2.45, 2.75) is 39.8 Å². The van der Waals surface area contributed by atoms with Crippen LogP contribution in [0.5, 0.6) is 0 Å². The predicted molar refractivity (Wildman–Crippen MR) is 65.2 cm³/mol. The van der Waals surface area contributed by atoms with Crippen molar-refractivity contribution in [1.29, 1.82) is 0 Å². The number of halogens is 1. The van der Waals surface area contributed by atoms with Crippen LogP contribution in [0.3, 0.4) is 0 Å². The summed E-state index contributed by atoms with van der Waals surface area (Å²) in [7, 11) is 0. The summed E-state index contributed by atoms with van der Waals surface area (Å²) >= 11 is 0. The maximum atomic E-state index is 13.9. The first kappa shape index (κ1) is 13.0. The lowest BCUT2D eigenvalue weighted by molar-refractivity contribution is 0.199. The molecule has 0 heterocycles. The highest BCUT2D eigenvalue weighted by molar-refractivity contribution is 5.56. The Balaban J connectivity index is 3.28. The molecule has 0 fully saturated rings. The molecule has 3 heteroatoms. The lowest BCUT2D eigenvalue weighted by Crippen LogP contribution is -2.32. The van der Waals surface area contributed by atoms with Crippen LogP contribution in [0, 0.1) is 5.82 Å². The molecule has 0 saturated carbocycles. The second-order valence-electron chi connectivity index (χ2n) is 4.23. The van der Waals surface area contributed by atoms with Crippen molar-refractivity contribution in [3.63, 3.8) is 0 Å². The normalized spacial score (nSPS) is 12.9. The fourth-order valence-corrected chi connectivity index (χ4v) is 1.95. The fourth-order valence-electron chi connectivity index (χ4n) is 1.95. The predicted octanol–water partition coefficient (Wildman–Crippen LogP) is 3.11. The Hall–Kier alpha value is -1.09. The first-order chi connectivity index (χ1) is 7.49. The number of anilines is 1. The van der Waals surface area contributed by atoms with E-state index in [1.807, 2.05) is 25.7 Å². The van der Waals surface area contributed by atoms with Gasteiger partial charge in [-0.15, -0.1) is 0 Å². The molecule has 0 aromatic heterocycles. The Morgan fingerprint density at radius 1 is 1.31 bits per heavy atom. The van der Waals surface area contributed by atoms with Gasteiger partial charge in [-0.1, -0.05) is 12.1 Å². The number of hydrogen-bond donors (Lipinski definition) is 1. The summed E-state index contributed by atoms with van der Waals surface area (Å²) in [6.45, 7) is 8.40. The van der Waals surface area contributed by atoms with Crippen LogP contribution in [0.4, 0.5) is 10.1 Å². The average molecular weight is 225 g/mol. The molecule has 0 aliphatic heterocycles. The number of nitrogens with zero attached hydrogens (tertiary/aromatic N) is 1. The second-order valence-corrected chi connectivity index (χ2v) is 4.23. The standard InChI is InChI=1S/C13H20FNO/c1-5-15(9(2)3)13-11(10(4)16)7-6-8-12(13)14/h6-10,16H,5H2,1-4H3/t10-/m0/s1. The largest absolute Gasteiger partial charge is 0.389 e. The van der Waals surface area contributed by atoms with Crippen molar-refractivity contribution < 1.29 is 9.50 Å². The molecule has 1 rings (SSSR count). The molecule has 0 radical (unpaired) electrons. The third-order valence-electron chi connectivity index (χ3n) is 2.72. The summed E-state index contributed by atoms with van der Waals surface area (Å²) in [5, 5.41) is 9.66. The number of rotatable bonds is 4. The molecule has 1 atom stereocenters. The highest BCUT2D eigenvalue weighted by Gasteiger charge is 2.19. The van der Waals surface area contributed by atoms with Gasteiger partial charge in [0.1, 0.15) is 5.82 Å². The Morgan fingerprint density at radius 2 is 1.94 bits per heavy atom. The van der Waals surface area contributed by atoms with Gasteiger partial charge in [0, 0.05) is 18.2 Å². The van der Waals surface area contributed by atoms with E-state index in [1.165, 1.54) is 6.07 Å². The van der Waals surface area contributed by atoms with Gasteiger partial charge < -0.3 is 10.0 Å². The molecule has 0 saturated heterocycles. The summed E-state index contributed by atoms with van der Waals surface area (Å²) in [6.07, 6.45) is -0.654. The van der Waals surface area contributed by atoms with E-state index in [9.17, 15) is 9.50 Å². The Bertz CT molecular complexity index is 350. The monoisotopic (exact) mass is 225 g/mol. The Labute approximate surface area is 96.7 Å². The van der Waals surface area contributed by atoms with Crippen molar-refractivity contribution in [2.75, 3.05) is 11.4 Å². The minimum absolute atomic E-state index is 0.208. The van der Waals surface area contributed by atoms with Crippen LogP contribution in [0.1, 0.15) is 39.4 Å². The fraction of sp³-hybridized carbons (Fsp3) is 0.538. The highest BCUT2D eigenvalue weighted by atomic mass is 19.1. The lowest BCUT2D eigenvalue weighted by atomic mass is 10.1. The molecule has 1 aromatic carbocycles. The van der Waals surface area contributed by atoms with E-state index < -0.39 is 6.10 Å². The van der Waals surface area contributed by atoms with Crippen LogP contribution in [0.25, 0.3) is 0 Å². The molecule has 0 amide bonds. The number of para-hydroxylation sites is 1. The van der Waals surface area contributed by atoms with E-state index in [0.717, 1.165) is 6.54 Å². The first-order valence-electron chi connectivity index (χ1n) is 5.72. The van der Waals surface area contributed by atoms with E-state index in [4.69, 9.17) is 0 Å². The number of aliphatic hydroxyl groups excluding tert-OH is 1. The quantitative estimate of drug-likeness (QED) is 0.851. The molecule has 0 aliphatic carbocycles. The average Bonchev–Trinajstić information content (AvgIpc) is 2.20. The second kappa shape index (κ2) is 5.30. The van der Waals surface area contributed by atoms with Gasteiger partial charge in [-0.3, -0.25) is 0 Å². The van der Waals surface area contributed by atoms with Crippen molar-refractivity contribution >= 4 is 5.69 Å². The van der Waals surface area contributed by atoms with E-state index >= 15 is 0 Å². The molecular formula is C13H20FNO. The maximum Gasteiger partial charge on any atom is 0.146 e. The van der Waals surface area contributed by atoms with Crippen molar-refractivity contribution in [1.82, 2.24) is 0 Å². The van der Waals surface area contributed by atoms with E-state index in [0.29, 0.717) is 11.3 Å². The van der Waals surface area contributed by atoms with Crippen LogP contribution in [0.2, 0.25) is 0 Å². The highest BCUT2D eigenvalue weighted by Crippen LogP contribution is 2.30. The summed E-state index contributed by atoms with van der Waals surface area (Å²) in [5.74, 6) is -0.269. The zero-order valence-electron chi connectivity index (χ0n) is 10.4. The molecule has 2 nitrogen and oxygen atoms in total. The molecule has 1 aromatic rings. The third kappa shape index (κ3) is 2.53. The van der Waals surface area contributed by atoms with E-state index in [2.05, 4.69) is 0 Å². The molecule has 90 valence electrons. The minimum Gasteiger partial charge on any atom is -0.389 e. The van der Waals surface area contributed by atoms with Gasteiger partial charge in [-0.25, -0.2) is 4.39 Å². The molecule has 0 unspecified atom stereocenters. The topological polar surface area (TPSA) is 23.5 Å². The summed E-state index contributed by atoms with van der Waals surface area (Å²) < 4.78 is 13.9. The van der Waals surface area contributed by atoms with Crippen LogP contribution < -0.4 is 4.90 Å². The molecule has 1 N–H and O–H groups in total. The number of aliphatic hydroxyl groups is 1. The summed E-state index contributed by atoms with van der Waals surface area (Å²) in [5.41, 5.74) is 1.17. The molecule has 0 spiro atoms. The smallest absolute Gasteiger partial charge is 0.146 e.